The van der Waals surface area contributed by atoms with Crippen LogP contribution in [0.5, 0.6) is 0 Å². The average Bonchev–Trinajstić information content (AvgIpc) is 3.16. The number of hydrogen-bond donors (Lipinski definition) is 1. The van der Waals surface area contributed by atoms with Crippen molar-refractivity contribution in [1.82, 2.24) is 14.9 Å². The number of aliphatic hydroxyl groups excluding tert-OH is 1. The lowest BCUT2D eigenvalue weighted by molar-refractivity contribution is 0.198. The van der Waals surface area contributed by atoms with Gasteiger partial charge in [-0.1, -0.05) is 42.5 Å². The Kier molecular flexibility index (Phi) is 5.65. The molecule has 0 amide bonds. The van der Waals surface area contributed by atoms with Crippen LogP contribution in [0.25, 0.3) is 6.08 Å². The molecule has 2 aliphatic heterocycles. The summed E-state index contributed by atoms with van der Waals surface area (Å²) in [6.45, 7) is 6.38. The molecule has 2 fully saturated rings. The third kappa shape index (κ3) is 4.64. The molecule has 0 saturated carbocycles. The summed E-state index contributed by atoms with van der Waals surface area (Å²) in [6, 6.07) is 12.4. The Balaban J connectivity index is 1.29. The van der Waals surface area contributed by atoms with Gasteiger partial charge in [0, 0.05) is 52.0 Å². The van der Waals surface area contributed by atoms with E-state index in [4.69, 9.17) is 4.98 Å². The molecule has 2 saturated heterocycles. The van der Waals surface area contributed by atoms with Gasteiger partial charge in [-0.15, -0.1) is 0 Å². The van der Waals surface area contributed by atoms with E-state index in [1.807, 2.05) is 18.3 Å². The molecule has 0 aliphatic carbocycles. The Hall–Kier alpha value is -2.44. The van der Waals surface area contributed by atoms with Gasteiger partial charge < -0.3 is 14.9 Å². The lowest BCUT2D eigenvalue weighted by atomic mass is 10.2. The van der Waals surface area contributed by atoms with Crippen LogP contribution in [0, 0.1) is 0 Å². The molecule has 1 aromatic carbocycles. The van der Waals surface area contributed by atoms with Crippen molar-refractivity contribution in [3.05, 3.63) is 54.2 Å². The fourth-order valence-electron chi connectivity index (χ4n) is 3.65. The van der Waals surface area contributed by atoms with Gasteiger partial charge in [0.1, 0.15) is 5.82 Å². The largest absolute Gasteiger partial charge is 0.391 e. The van der Waals surface area contributed by atoms with E-state index in [0.29, 0.717) is 6.54 Å². The zero-order valence-electron chi connectivity index (χ0n) is 15.6. The first-order chi connectivity index (χ1) is 13.3. The average molecular weight is 365 g/mol. The lowest BCUT2D eigenvalue weighted by Gasteiger charge is -2.34. The number of anilines is 2. The maximum absolute atomic E-state index is 9.75. The fourth-order valence-corrected chi connectivity index (χ4v) is 3.65. The lowest BCUT2D eigenvalue weighted by Crippen LogP contribution is -2.47. The summed E-state index contributed by atoms with van der Waals surface area (Å²) >= 11 is 0. The Labute approximate surface area is 160 Å². The minimum absolute atomic E-state index is 0.240. The molecule has 1 atom stereocenters. The number of β-amino-alcohol motifs (C(OH)–C–C–N with tert-alkyl or cyclic N) is 1. The zero-order chi connectivity index (χ0) is 18.5. The third-order valence-electron chi connectivity index (χ3n) is 5.24. The van der Waals surface area contributed by atoms with E-state index in [9.17, 15) is 5.11 Å². The molecule has 2 aromatic rings. The number of hydrogen-bond acceptors (Lipinski definition) is 6. The van der Waals surface area contributed by atoms with Gasteiger partial charge in [0.2, 0.25) is 5.95 Å². The van der Waals surface area contributed by atoms with E-state index >= 15 is 0 Å². The number of aliphatic hydroxyl groups is 1. The number of aromatic nitrogens is 2. The van der Waals surface area contributed by atoms with Crippen LogP contribution in [0.3, 0.4) is 0 Å². The highest BCUT2D eigenvalue weighted by molar-refractivity contribution is 5.49. The van der Waals surface area contributed by atoms with Crippen LogP contribution in [-0.4, -0.2) is 71.9 Å². The molecular weight excluding hydrogens is 338 g/mol. The van der Waals surface area contributed by atoms with Crippen molar-refractivity contribution in [2.24, 2.45) is 0 Å². The first-order valence-electron chi connectivity index (χ1n) is 9.73. The highest BCUT2D eigenvalue weighted by atomic mass is 16.3. The molecule has 0 radical (unpaired) electrons. The van der Waals surface area contributed by atoms with Gasteiger partial charge in [-0.05, 0) is 18.1 Å². The van der Waals surface area contributed by atoms with Gasteiger partial charge in [-0.3, -0.25) is 4.90 Å². The minimum Gasteiger partial charge on any atom is -0.391 e. The normalized spacial score (nSPS) is 21.3. The quantitative estimate of drug-likeness (QED) is 0.873. The van der Waals surface area contributed by atoms with Gasteiger partial charge >= 0.3 is 0 Å². The molecule has 1 unspecified atom stereocenters. The Morgan fingerprint density at radius 3 is 2.56 bits per heavy atom. The van der Waals surface area contributed by atoms with E-state index in [2.05, 4.69) is 56.1 Å². The van der Waals surface area contributed by atoms with Crippen molar-refractivity contribution < 1.29 is 5.11 Å². The minimum atomic E-state index is -0.240. The van der Waals surface area contributed by atoms with Gasteiger partial charge in [-0.25, -0.2) is 4.98 Å². The summed E-state index contributed by atoms with van der Waals surface area (Å²) in [7, 11) is 0. The first-order valence-corrected chi connectivity index (χ1v) is 9.73. The Bertz CT molecular complexity index is 758. The number of rotatable bonds is 5. The molecule has 3 heterocycles. The summed E-state index contributed by atoms with van der Waals surface area (Å²) in [5.74, 6) is 1.72. The van der Waals surface area contributed by atoms with Crippen molar-refractivity contribution in [1.29, 1.82) is 0 Å². The van der Waals surface area contributed by atoms with Gasteiger partial charge in [0.25, 0.3) is 0 Å². The number of benzene rings is 1. The zero-order valence-corrected chi connectivity index (χ0v) is 15.6. The standard InChI is InChI=1S/C21H27N5O/c27-19-9-12-26(17-19)20-8-10-22-21(23-20)25-15-13-24(14-16-25)11-4-7-18-5-2-1-3-6-18/h1-8,10,19,27H,9,11-17H2/b7-4+. The van der Waals surface area contributed by atoms with E-state index in [-0.39, 0.29) is 6.10 Å². The summed E-state index contributed by atoms with van der Waals surface area (Å²) in [4.78, 5) is 16.1. The van der Waals surface area contributed by atoms with Gasteiger partial charge in [0.05, 0.1) is 6.10 Å². The summed E-state index contributed by atoms with van der Waals surface area (Å²) < 4.78 is 0. The second-order valence-electron chi connectivity index (χ2n) is 7.20. The second kappa shape index (κ2) is 8.50. The molecule has 142 valence electrons. The molecular formula is C21H27N5O. The van der Waals surface area contributed by atoms with Crippen LogP contribution in [-0.2, 0) is 0 Å². The molecule has 6 nitrogen and oxygen atoms in total. The van der Waals surface area contributed by atoms with E-state index in [1.54, 1.807) is 0 Å². The SMILES string of the molecule is OC1CCN(c2ccnc(N3CCN(C/C=C/c4ccccc4)CC3)n2)C1. The van der Waals surface area contributed by atoms with Crippen molar-refractivity contribution >= 4 is 17.8 Å². The van der Waals surface area contributed by atoms with Crippen molar-refractivity contribution in [3.63, 3.8) is 0 Å². The molecule has 0 spiro atoms. The van der Waals surface area contributed by atoms with Crippen LogP contribution < -0.4 is 9.80 Å². The van der Waals surface area contributed by atoms with Crippen LogP contribution in [0.2, 0.25) is 0 Å². The van der Waals surface area contributed by atoms with Crippen molar-refractivity contribution in [3.8, 4) is 0 Å². The predicted molar refractivity (Wildman–Crippen MR) is 109 cm³/mol. The Morgan fingerprint density at radius 2 is 1.81 bits per heavy atom. The monoisotopic (exact) mass is 365 g/mol. The maximum Gasteiger partial charge on any atom is 0.227 e. The first kappa shape index (κ1) is 17.9. The summed E-state index contributed by atoms with van der Waals surface area (Å²) in [5, 5.41) is 9.75. The maximum atomic E-state index is 9.75. The number of piperazine rings is 1. The Morgan fingerprint density at radius 1 is 1.00 bits per heavy atom. The molecule has 1 aromatic heterocycles. The summed E-state index contributed by atoms with van der Waals surface area (Å²) in [5.41, 5.74) is 1.24. The highest BCUT2D eigenvalue weighted by Crippen LogP contribution is 2.20. The molecule has 4 rings (SSSR count). The van der Waals surface area contributed by atoms with Crippen molar-refractivity contribution in [2.75, 3.05) is 55.6 Å². The summed E-state index contributed by atoms with van der Waals surface area (Å²) in [6.07, 6.45) is 6.83. The van der Waals surface area contributed by atoms with Crippen LogP contribution in [0.15, 0.2) is 48.7 Å². The molecule has 1 N–H and O–H groups in total. The van der Waals surface area contributed by atoms with Crippen LogP contribution in [0.1, 0.15) is 12.0 Å². The van der Waals surface area contributed by atoms with Crippen LogP contribution in [0.4, 0.5) is 11.8 Å². The van der Waals surface area contributed by atoms with E-state index in [0.717, 1.165) is 57.5 Å². The topological polar surface area (TPSA) is 55.7 Å². The van der Waals surface area contributed by atoms with Gasteiger partial charge in [0.15, 0.2) is 0 Å². The van der Waals surface area contributed by atoms with Crippen molar-refractivity contribution in [2.45, 2.75) is 12.5 Å². The highest BCUT2D eigenvalue weighted by Gasteiger charge is 2.23. The molecule has 0 bridgehead atoms. The van der Waals surface area contributed by atoms with E-state index < -0.39 is 0 Å². The molecule has 6 heteroatoms. The number of nitrogens with zero attached hydrogens (tertiary/aromatic N) is 5. The molecule has 2 aliphatic rings. The second-order valence-corrected chi connectivity index (χ2v) is 7.20. The smallest absolute Gasteiger partial charge is 0.227 e. The fraction of sp³-hybridized carbons (Fsp3) is 0.429. The third-order valence-corrected chi connectivity index (χ3v) is 5.24. The van der Waals surface area contributed by atoms with Gasteiger partial charge in [-0.2, -0.15) is 4.98 Å². The predicted octanol–water partition coefficient (Wildman–Crippen LogP) is 1.88. The molecule has 27 heavy (non-hydrogen) atoms. The van der Waals surface area contributed by atoms with E-state index in [1.165, 1.54) is 5.56 Å². The van der Waals surface area contributed by atoms with Crippen LogP contribution >= 0.6 is 0 Å².